The average molecular weight is 431 g/mol. The van der Waals surface area contributed by atoms with Gasteiger partial charge in [0.2, 0.25) is 0 Å². The van der Waals surface area contributed by atoms with Gasteiger partial charge in [-0.3, -0.25) is 4.18 Å². The van der Waals surface area contributed by atoms with Gasteiger partial charge in [-0.1, -0.05) is 13.0 Å². The third-order valence-corrected chi connectivity index (χ3v) is 8.00. The predicted molar refractivity (Wildman–Crippen MR) is 103 cm³/mol. The first kappa shape index (κ1) is 20.1. The number of nitrogens with two attached hydrogens (primary N) is 2. The van der Waals surface area contributed by atoms with Gasteiger partial charge in [-0.2, -0.15) is 22.0 Å². The fourth-order valence-electron chi connectivity index (χ4n) is 6.02. The van der Waals surface area contributed by atoms with Crippen LogP contribution in [0.2, 0.25) is 0 Å². The molecule has 156 valence electrons. The minimum absolute atomic E-state index is 0.193. The highest BCUT2D eigenvalue weighted by atomic mass is 32.2. The van der Waals surface area contributed by atoms with Crippen LogP contribution in [0.3, 0.4) is 0 Å². The van der Waals surface area contributed by atoms with E-state index in [-0.39, 0.29) is 17.3 Å². The normalized spacial score (nSPS) is 35.0. The van der Waals surface area contributed by atoms with E-state index in [4.69, 9.17) is 18.6 Å². The molecule has 0 amide bonds. The summed E-state index contributed by atoms with van der Waals surface area (Å²) in [6, 6.07) is 5.37. The molecule has 0 spiro atoms. The predicted octanol–water partition coefficient (Wildman–Crippen LogP) is 1.71. The number of fused-ring (bicyclic) bond motifs is 5. The fourth-order valence-corrected chi connectivity index (χ4v) is 7.03. The lowest BCUT2D eigenvalue weighted by Gasteiger charge is -2.50. The first-order valence-corrected chi connectivity index (χ1v) is 12.5. The van der Waals surface area contributed by atoms with Crippen LogP contribution < -0.4 is 14.5 Å². The summed E-state index contributed by atoms with van der Waals surface area (Å²) in [6.07, 6.45) is 4.87. The zero-order valence-corrected chi connectivity index (χ0v) is 17.3. The number of benzene rings is 1. The molecule has 5 atom stereocenters. The Bertz CT molecular complexity index is 993. The summed E-state index contributed by atoms with van der Waals surface area (Å²) in [5.74, 6) is 1.44. The third-order valence-electron chi connectivity index (χ3n) is 7.07. The second-order valence-electron chi connectivity index (χ2n) is 8.55. The molecule has 1 aromatic rings. The van der Waals surface area contributed by atoms with Gasteiger partial charge in [0.15, 0.2) is 0 Å². The molecule has 0 saturated heterocycles. The van der Waals surface area contributed by atoms with Crippen molar-refractivity contribution in [1.29, 1.82) is 0 Å². The lowest BCUT2D eigenvalue weighted by molar-refractivity contribution is -0.00801. The molecule has 0 heterocycles. The molecule has 10 heteroatoms. The van der Waals surface area contributed by atoms with Gasteiger partial charge in [-0.25, -0.2) is 5.14 Å². The van der Waals surface area contributed by atoms with Crippen LogP contribution in [0.25, 0.3) is 0 Å². The SMILES string of the molecule is C[C@]12CC[C@@H]3c4ccc(OS(N)(=O)=O)cc4CC[C@H]3[C@@H]1CCC2OS(N)(=O)=O. The Hall–Kier alpha value is -1.20. The summed E-state index contributed by atoms with van der Waals surface area (Å²) in [7, 11) is -8.01. The summed E-state index contributed by atoms with van der Waals surface area (Å²) in [5, 5.41) is 10.1. The Morgan fingerprint density at radius 2 is 1.79 bits per heavy atom. The highest BCUT2D eigenvalue weighted by Crippen LogP contribution is 2.61. The number of aryl methyl sites for hydroxylation is 1. The van der Waals surface area contributed by atoms with Crippen molar-refractivity contribution in [1.82, 2.24) is 0 Å². The standard InChI is InChI=1S/C18H26N2O6S2/c1-18-9-8-14-13-5-3-12(25-27(19,21)22)10-11(13)2-4-15(14)16(18)6-7-17(18)26-28(20,23)24/h3,5,10,14-17H,2,4,6-9H2,1H3,(H2,19,21,22)(H2,20,23,24)/t14-,15-,16+,17?,18+/m1/s1. The van der Waals surface area contributed by atoms with E-state index in [0.717, 1.165) is 37.7 Å². The van der Waals surface area contributed by atoms with Gasteiger partial charge in [0.05, 0.1) is 6.10 Å². The van der Waals surface area contributed by atoms with Crippen molar-refractivity contribution in [3.8, 4) is 5.75 Å². The summed E-state index contributed by atoms with van der Waals surface area (Å²) in [6.45, 7) is 2.13. The molecule has 4 N–H and O–H groups in total. The van der Waals surface area contributed by atoms with Crippen molar-refractivity contribution in [3.05, 3.63) is 29.3 Å². The smallest absolute Gasteiger partial charge is 0.371 e. The largest absolute Gasteiger partial charge is 0.380 e. The van der Waals surface area contributed by atoms with Crippen molar-refractivity contribution in [2.75, 3.05) is 0 Å². The van der Waals surface area contributed by atoms with E-state index in [0.29, 0.717) is 24.2 Å². The van der Waals surface area contributed by atoms with Crippen LogP contribution in [0.5, 0.6) is 5.75 Å². The molecule has 3 aliphatic rings. The van der Waals surface area contributed by atoms with Gasteiger partial charge >= 0.3 is 20.6 Å². The van der Waals surface area contributed by atoms with Crippen LogP contribution in [0.1, 0.15) is 56.1 Å². The van der Waals surface area contributed by atoms with Crippen molar-refractivity contribution < 1.29 is 25.2 Å². The number of hydrogen-bond acceptors (Lipinski definition) is 6. The Morgan fingerprint density at radius 3 is 2.46 bits per heavy atom. The topological polar surface area (TPSA) is 139 Å². The molecule has 2 fully saturated rings. The lowest BCUT2D eigenvalue weighted by Crippen LogP contribution is -2.45. The Balaban J connectivity index is 1.59. The van der Waals surface area contributed by atoms with Crippen LogP contribution in [0, 0.1) is 17.3 Å². The van der Waals surface area contributed by atoms with Crippen molar-refractivity contribution >= 4 is 20.6 Å². The third kappa shape index (κ3) is 3.68. The highest BCUT2D eigenvalue weighted by molar-refractivity contribution is 7.84. The molecule has 0 aliphatic heterocycles. The number of hydrogen-bond donors (Lipinski definition) is 2. The van der Waals surface area contributed by atoms with Gasteiger partial charge in [0.25, 0.3) is 0 Å². The molecule has 0 aromatic heterocycles. The van der Waals surface area contributed by atoms with Crippen LogP contribution in [-0.2, 0) is 31.2 Å². The van der Waals surface area contributed by atoms with E-state index < -0.39 is 20.6 Å². The van der Waals surface area contributed by atoms with Crippen molar-refractivity contribution in [3.63, 3.8) is 0 Å². The van der Waals surface area contributed by atoms with Crippen LogP contribution in [0.4, 0.5) is 0 Å². The van der Waals surface area contributed by atoms with E-state index in [1.165, 1.54) is 5.56 Å². The molecule has 2 saturated carbocycles. The summed E-state index contributed by atoms with van der Waals surface area (Å²) in [5.41, 5.74) is 2.14. The van der Waals surface area contributed by atoms with Crippen LogP contribution in [-0.4, -0.2) is 22.9 Å². The first-order valence-electron chi connectivity index (χ1n) is 9.52. The number of rotatable bonds is 4. The molecule has 8 nitrogen and oxygen atoms in total. The Labute approximate surface area is 166 Å². The fraction of sp³-hybridized carbons (Fsp3) is 0.667. The maximum absolute atomic E-state index is 11.5. The van der Waals surface area contributed by atoms with Gasteiger partial charge in [-0.05, 0) is 85.0 Å². The molecular formula is C18H26N2O6S2. The van der Waals surface area contributed by atoms with Gasteiger partial charge < -0.3 is 4.18 Å². The molecule has 1 unspecified atom stereocenters. The minimum atomic E-state index is -4.04. The second-order valence-corrected chi connectivity index (χ2v) is 10.9. The van der Waals surface area contributed by atoms with Gasteiger partial charge in [0.1, 0.15) is 5.75 Å². The Kier molecular flexibility index (Phi) is 4.78. The van der Waals surface area contributed by atoms with E-state index in [2.05, 4.69) is 6.92 Å². The van der Waals surface area contributed by atoms with Crippen LogP contribution >= 0.6 is 0 Å². The summed E-state index contributed by atoms with van der Waals surface area (Å²) in [4.78, 5) is 0. The molecule has 3 aliphatic carbocycles. The van der Waals surface area contributed by atoms with Gasteiger partial charge in [-0.15, -0.1) is 0 Å². The van der Waals surface area contributed by atoms with E-state index in [9.17, 15) is 16.8 Å². The van der Waals surface area contributed by atoms with E-state index >= 15 is 0 Å². The monoisotopic (exact) mass is 430 g/mol. The van der Waals surface area contributed by atoms with E-state index in [1.54, 1.807) is 12.1 Å². The lowest BCUT2D eigenvalue weighted by atomic mass is 9.55. The molecule has 0 bridgehead atoms. The zero-order chi connectivity index (χ0) is 20.3. The maximum Gasteiger partial charge on any atom is 0.380 e. The quantitative estimate of drug-likeness (QED) is 0.745. The van der Waals surface area contributed by atoms with Crippen molar-refractivity contribution in [2.45, 2.75) is 57.5 Å². The second kappa shape index (κ2) is 6.66. The van der Waals surface area contributed by atoms with E-state index in [1.807, 2.05) is 6.07 Å². The maximum atomic E-state index is 11.5. The van der Waals surface area contributed by atoms with Crippen molar-refractivity contribution in [2.24, 2.45) is 27.5 Å². The zero-order valence-electron chi connectivity index (χ0n) is 15.7. The Morgan fingerprint density at radius 1 is 1.04 bits per heavy atom. The van der Waals surface area contributed by atoms with Crippen LogP contribution in [0.15, 0.2) is 18.2 Å². The first-order chi connectivity index (χ1) is 13.0. The minimum Gasteiger partial charge on any atom is -0.371 e. The molecule has 1 aromatic carbocycles. The average Bonchev–Trinajstić information content (AvgIpc) is 2.88. The highest BCUT2D eigenvalue weighted by Gasteiger charge is 2.56. The summed E-state index contributed by atoms with van der Waals surface area (Å²) >= 11 is 0. The summed E-state index contributed by atoms with van der Waals surface area (Å²) < 4.78 is 55.4. The molecule has 4 rings (SSSR count). The molecule has 0 radical (unpaired) electrons. The molecular weight excluding hydrogens is 404 g/mol. The van der Waals surface area contributed by atoms with Gasteiger partial charge in [0, 0.05) is 0 Å². The molecule has 28 heavy (non-hydrogen) atoms.